The van der Waals surface area contributed by atoms with Gasteiger partial charge in [-0.05, 0) is 147 Å². The van der Waals surface area contributed by atoms with Crippen LogP contribution in [0.4, 0.5) is 5.95 Å². The van der Waals surface area contributed by atoms with E-state index in [-0.39, 0.29) is 12.8 Å². The van der Waals surface area contributed by atoms with Crippen LogP contribution in [0.25, 0.3) is 33.3 Å². The SMILES string of the molecule is C#CC#CC#CC#CC#CC#CC#CC#CC#CC#CC.Cc1noc(C)c1-c1cc(-c2c(C)noc2C)c2nc(N3CCOCC3)[nH]c2c1.NN=NN=[N+]([O-])OO.[HH].[HH].[HH].[HH].[HH].[HH].[HH].[HH].[HH]. The minimum atomic E-state index is -0.573. The van der Waals surface area contributed by atoms with Crippen LogP contribution in [-0.2, 0) is 9.73 Å². The molecule has 58 heavy (non-hydrogen) atoms. The molecule has 0 spiro atoms. The maximum Gasteiger partial charge on any atom is 0.226 e. The predicted molar refractivity (Wildman–Crippen MR) is 231 cm³/mol. The van der Waals surface area contributed by atoms with Crippen LogP contribution in [-0.4, -0.2) is 56.9 Å². The minimum absolute atomic E-state index is 0. The number of anilines is 1. The number of morpholine rings is 1. The van der Waals surface area contributed by atoms with Gasteiger partial charge < -0.3 is 33.9 Å². The molecule has 1 aliphatic heterocycles. The van der Waals surface area contributed by atoms with Crippen molar-refractivity contribution in [1.29, 1.82) is 0 Å². The number of aryl methyl sites for hydroxylation is 4. The van der Waals surface area contributed by atoms with Crippen LogP contribution in [0.3, 0.4) is 0 Å². The first-order chi connectivity index (χ1) is 28.2. The van der Waals surface area contributed by atoms with Gasteiger partial charge in [0.15, 0.2) is 0 Å². The fourth-order valence-electron chi connectivity index (χ4n) is 4.77. The minimum Gasteiger partial charge on any atom is -0.378 e. The van der Waals surface area contributed by atoms with Crippen LogP contribution in [0.5, 0.6) is 0 Å². The second kappa shape index (κ2) is 24.4. The molecule has 5 rings (SSSR count). The van der Waals surface area contributed by atoms with Gasteiger partial charge in [-0.1, -0.05) is 16.2 Å². The maximum atomic E-state index is 9.64. The highest BCUT2D eigenvalue weighted by Crippen LogP contribution is 2.38. The van der Waals surface area contributed by atoms with E-state index in [1.54, 1.807) is 6.92 Å². The topological polar surface area (TPSA) is 212 Å². The molecule has 4 N–H and O–H groups in total. The highest BCUT2D eigenvalue weighted by atomic mass is 17.2. The number of benzene rings is 1. The van der Waals surface area contributed by atoms with Gasteiger partial charge in [0.25, 0.3) is 0 Å². The first kappa shape index (κ1) is 43.4. The molecule has 0 radical (unpaired) electrons. The molecule has 0 atom stereocenters. The van der Waals surface area contributed by atoms with E-state index in [0.717, 1.165) is 75.2 Å². The number of terminal acetylenes is 1. The molecule has 1 aromatic carbocycles. The van der Waals surface area contributed by atoms with E-state index in [9.17, 15) is 5.21 Å². The van der Waals surface area contributed by atoms with E-state index < -0.39 is 5.02 Å². The van der Waals surface area contributed by atoms with Crippen molar-refractivity contribution < 1.29 is 41.9 Å². The third-order valence-electron chi connectivity index (χ3n) is 6.94. The largest absolute Gasteiger partial charge is 0.378 e. The smallest absolute Gasteiger partial charge is 0.226 e. The average Bonchev–Trinajstić information content (AvgIpc) is 3.93. The molecule has 1 aliphatic rings. The molecule has 0 bridgehead atoms. The number of aromatic nitrogens is 4. The number of nitrogens with one attached hydrogen (secondary N) is 1. The first-order valence-electron chi connectivity index (χ1n) is 16.5. The van der Waals surface area contributed by atoms with Crippen LogP contribution >= 0.6 is 0 Å². The van der Waals surface area contributed by atoms with E-state index in [0.29, 0.717) is 13.2 Å². The van der Waals surface area contributed by atoms with Crippen molar-refractivity contribution in [3.05, 3.63) is 40.2 Å². The highest BCUT2D eigenvalue weighted by Gasteiger charge is 2.23. The summed E-state index contributed by atoms with van der Waals surface area (Å²) in [7, 11) is 0. The lowest BCUT2D eigenvalue weighted by molar-refractivity contribution is -0.873. The lowest BCUT2D eigenvalue weighted by atomic mass is 9.96. The summed E-state index contributed by atoms with van der Waals surface area (Å²) in [5.41, 5.74) is 7.56. The third-order valence-corrected chi connectivity index (χ3v) is 6.94. The Labute approximate surface area is 347 Å². The number of rotatable bonds is 5. The van der Waals surface area contributed by atoms with Gasteiger partial charge in [0.1, 0.15) is 11.5 Å². The first-order valence-corrected chi connectivity index (χ1v) is 16.5. The van der Waals surface area contributed by atoms with Crippen molar-refractivity contribution in [2.24, 2.45) is 21.5 Å². The Balaban J connectivity index is -0.000000171. The summed E-state index contributed by atoms with van der Waals surface area (Å²) < 4.78 is 16.3. The molecule has 0 aliphatic carbocycles. The molecular weight excluding hydrogens is 741 g/mol. The fraction of sp³-hybridized carbons (Fsp3) is 0.214. The molecule has 3 aromatic heterocycles. The number of H-pyrrole nitrogens is 1. The Morgan fingerprint density at radius 1 is 0.828 bits per heavy atom. The van der Waals surface area contributed by atoms with Crippen molar-refractivity contribution in [3.63, 3.8) is 0 Å². The quantitative estimate of drug-likeness (QED) is 0.0660. The zero-order valence-corrected chi connectivity index (χ0v) is 31.7. The Hall–Kier alpha value is -8.97. The van der Waals surface area contributed by atoms with Crippen LogP contribution in [0.15, 0.2) is 36.8 Å². The van der Waals surface area contributed by atoms with Gasteiger partial charge in [-0.3, -0.25) is 11.1 Å². The third kappa shape index (κ3) is 13.8. The molecule has 0 unspecified atom stereocenters. The summed E-state index contributed by atoms with van der Waals surface area (Å²) in [6, 6.07) is 4.24. The Morgan fingerprint density at radius 2 is 1.33 bits per heavy atom. The second-order valence-corrected chi connectivity index (χ2v) is 10.6. The van der Waals surface area contributed by atoms with E-state index in [4.69, 9.17) is 30.4 Å². The normalized spacial score (nSPS) is 10.5. The zero-order chi connectivity index (χ0) is 42.0. The Bertz CT molecular complexity index is 2820. The van der Waals surface area contributed by atoms with Crippen LogP contribution < -0.4 is 10.7 Å². The van der Waals surface area contributed by atoms with Crippen molar-refractivity contribution in [1.82, 2.24) is 20.3 Å². The monoisotopic (exact) mass is 788 g/mol. The molecule has 0 amide bonds. The van der Waals surface area contributed by atoms with E-state index >= 15 is 0 Å². The average molecular weight is 789 g/mol. The summed E-state index contributed by atoms with van der Waals surface area (Å²) in [5, 5.41) is 32.4. The lowest BCUT2D eigenvalue weighted by Crippen LogP contribution is -2.36. The van der Waals surface area contributed by atoms with E-state index in [1.807, 2.05) is 27.7 Å². The molecule has 4 aromatic rings. The molecule has 1 fully saturated rings. The summed E-state index contributed by atoms with van der Waals surface area (Å²) in [4.78, 5) is 13.6. The standard InChI is InChI=1S/C21H23N5O3.C21H4.H3N5O3.9H2/c1-11-18(13(3)28-24-11)15-9-16(19-12(2)25-29-14(19)4)20-17(10-15)22-21(23-20)26-5-7-27-8-6-26;1-3-5-7-9-11-13-15-17-19-21-20-18-16-14-12-10-8-6-4-2;1-2-3-4-5(6)8-7;;;;;;;;;/h9-10H,5-8H2,1-4H3,(H,22,23);1H,2H3;7H,(H2,1,3);9*1H. The fourth-order valence-corrected chi connectivity index (χ4v) is 4.77. The molecule has 16 heteroatoms. The molecule has 1 saturated heterocycles. The Kier molecular flexibility index (Phi) is 18.2. The van der Waals surface area contributed by atoms with Gasteiger partial charge in [-0.15, -0.1) is 6.42 Å². The summed E-state index contributed by atoms with van der Waals surface area (Å²) in [6.07, 6.45) is 4.90. The number of hydrogen-bond acceptors (Lipinski definition) is 11. The van der Waals surface area contributed by atoms with Crippen molar-refractivity contribution in [2.45, 2.75) is 34.6 Å². The van der Waals surface area contributed by atoms with Crippen molar-refractivity contribution in [2.75, 3.05) is 31.2 Å². The van der Waals surface area contributed by atoms with Crippen LogP contribution in [0.1, 0.15) is 42.7 Å². The highest BCUT2D eigenvalue weighted by molar-refractivity contribution is 5.98. The predicted octanol–water partition coefficient (Wildman–Crippen LogP) is 6.42. The van der Waals surface area contributed by atoms with Gasteiger partial charge in [0.05, 0.1) is 45.9 Å². The summed E-state index contributed by atoms with van der Waals surface area (Å²) in [6.45, 7) is 12.5. The van der Waals surface area contributed by atoms with E-state index in [1.165, 1.54) is 0 Å². The summed E-state index contributed by atoms with van der Waals surface area (Å²) >= 11 is 0. The number of hydrogen-bond donors (Lipinski definition) is 3. The maximum absolute atomic E-state index is 9.64. The second-order valence-electron chi connectivity index (χ2n) is 10.6. The van der Waals surface area contributed by atoms with Gasteiger partial charge in [-0.2, -0.15) is 0 Å². The van der Waals surface area contributed by atoms with Gasteiger partial charge >= 0.3 is 0 Å². The number of fused-ring (bicyclic) bond motifs is 1. The number of imidazole rings is 1. The number of nitrogens with zero attached hydrogens (tertiary/aromatic N) is 8. The number of ether oxygens (including phenoxy) is 1. The summed E-state index contributed by atoms with van der Waals surface area (Å²) in [5.74, 6) is 53.7. The van der Waals surface area contributed by atoms with Crippen molar-refractivity contribution >= 4 is 17.0 Å². The number of aromatic amines is 1. The van der Waals surface area contributed by atoms with Crippen LogP contribution in [0, 0.1) is 152 Å². The lowest BCUT2D eigenvalue weighted by Gasteiger charge is -2.26. The molecular formula is C42H48N10O6. The number of nitrogens with two attached hydrogens (primary N) is 1. The Morgan fingerprint density at radius 3 is 1.78 bits per heavy atom. The van der Waals surface area contributed by atoms with Crippen molar-refractivity contribution in [3.8, 4) is 141 Å². The molecule has 0 saturated carbocycles. The zero-order valence-electron chi connectivity index (χ0n) is 31.7. The molecule has 302 valence electrons. The van der Waals surface area contributed by atoms with Gasteiger partial charge in [-0.25, -0.2) is 4.98 Å². The molecule has 16 nitrogen and oxygen atoms in total. The van der Waals surface area contributed by atoms with Gasteiger partial charge in [0, 0.05) is 54.5 Å². The van der Waals surface area contributed by atoms with Crippen LogP contribution in [0.2, 0.25) is 0 Å². The van der Waals surface area contributed by atoms with Gasteiger partial charge in [0.2, 0.25) is 16.4 Å². The van der Waals surface area contributed by atoms with E-state index in [2.05, 4.69) is 171 Å². The molecule has 4 heterocycles.